The van der Waals surface area contributed by atoms with Crippen LogP contribution in [0.5, 0.6) is 5.75 Å². The Bertz CT molecular complexity index is 845. The highest BCUT2D eigenvalue weighted by molar-refractivity contribution is 6.30. The number of nitrogens with one attached hydrogen (secondary N) is 1. The van der Waals surface area contributed by atoms with Crippen LogP contribution in [0, 0.1) is 0 Å². The van der Waals surface area contributed by atoms with Crippen LogP contribution in [0.25, 0.3) is 0 Å². The molecule has 0 saturated heterocycles. The normalized spacial score (nSPS) is 11.8. The summed E-state index contributed by atoms with van der Waals surface area (Å²) < 4.78 is 7.36. The van der Waals surface area contributed by atoms with Gasteiger partial charge in [0.05, 0.1) is 19.6 Å². The minimum Gasteiger partial charge on any atom is -0.497 e. The Labute approximate surface area is 158 Å². The van der Waals surface area contributed by atoms with E-state index >= 15 is 0 Å². The smallest absolute Gasteiger partial charge is 0.222 e. The Morgan fingerprint density at radius 3 is 2.54 bits per heavy atom. The minimum absolute atomic E-state index is 0.0125. The molecule has 3 aromatic rings. The van der Waals surface area contributed by atoms with E-state index < -0.39 is 0 Å². The van der Waals surface area contributed by atoms with Crippen LogP contribution in [0.15, 0.2) is 73.1 Å². The predicted molar refractivity (Wildman–Crippen MR) is 103 cm³/mol. The van der Waals surface area contributed by atoms with Crippen LogP contribution in [-0.4, -0.2) is 17.6 Å². The molecule has 1 aromatic heterocycles. The third-order valence-electron chi connectivity index (χ3n) is 4.25. The molecule has 3 rings (SSSR count). The summed E-state index contributed by atoms with van der Waals surface area (Å²) >= 11 is 5.89. The molecule has 1 unspecified atom stereocenters. The summed E-state index contributed by atoms with van der Waals surface area (Å²) in [5.74, 6) is 0.766. The Kier molecular flexibility index (Phi) is 5.97. The Morgan fingerprint density at radius 2 is 1.85 bits per heavy atom. The molecule has 0 aliphatic carbocycles. The molecule has 2 aromatic carbocycles. The number of hydrogen-bond acceptors (Lipinski definition) is 2. The maximum absolute atomic E-state index is 12.5. The number of ether oxygens (including phenoxy) is 1. The number of rotatable bonds is 7. The molecule has 0 bridgehead atoms. The molecular weight excluding hydrogens is 348 g/mol. The number of halogens is 1. The molecule has 0 saturated carbocycles. The number of benzene rings is 2. The monoisotopic (exact) mass is 368 g/mol. The lowest BCUT2D eigenvalue weighted by atomic mass is 10.0. The summed E-state index contributed by atoms with van der Waals surface area (Å²) in [6, 6.07) is 19.1. The van der Waals surface area contributed by atoms with Gasteiger partial charge >= 0.3 is 0 Å². The number of aromatic nitrogens is 1. The van der Waals surface area contributed by atoms with Crippen molar-refractivity contribution in [1.29, 1.82) is 0 Å². The van der Waals surface area contributed by atoms with Gasteiger partial charge in [0.15, 0.2) is 0 Å². The molecule has 0 aliphatic rings. The maximum Gasteiger partial charge on any atom is 0.222 e. The molecule has 4 nitrogen and oxygen atoms in total. The number of amides is 1. The number of carbonyl (C=O) groups excluding carboxylic acids is 1. The van der Waals surface area contributed by atoms with Crippen LogP contribution in [0.4, 0.5) is 0 Å². The summed E-state index contributed by atoms with van der Waals surface area (Å²) in [5.41, 5.74) is 2.05. The molecule has 1 amide bonds. The second-order valence-corrected chi connectivity index (χ2v) is 6.47. The van der Waals surface area contributed by atoms with Gasteiger partial charge in [0.1, 0.15) is 5.75 Å². The SMILES string of the molecule is COc1cccc(C(CC(=O)NCc2ccc(Cl)cc2)n2cccc2)c1. The van der Waals surface area contributed by atoms with Gasteiger partial charge in [-0.2, -0.15) is 0 Å². The molecule has 1 atom stereocenters. The molecule has 1 heterocycles. The van der Waals surface area contributed by atoms with Gasteiger partial charge in [0.25, 0.3) is 0 Å². The Balaban J connectivity index is 1.71. The first-order valence-electron chi connectivity index (χ1n) is 8.43. The summed E-state index contributed by atoms with van der Waals surface area (Å²) in [5, 5.41) is 3.67. The van der Waals surface area contributed by atoms with Crippen LogP contribution < -0.4 is 10.1 Å². The van der Waals surface area contributed by atoms with Crippen molar-refractivity contribution in [2.75, 3.05) is 7.11 Å². The van der Waals surface area contributed by atoms with E-state index in [1.807, 2.05) is 77.6 Å². The largest absolute Gasteiger partial charge is 0.497 e. The van der Waals surface area contributed by atoms with Crippen molar-refractivity contribution >= 4 is 17.5 Å². The van der Waals surface area contributed by atoms with Gasteiger partial charge in [-0.15, -0.1) is 0 Å². The van der Waals surface area contributed by atoms with Crippen LogP contribution >= 0.6 is 11.6 Å². The van der Waals surface area contributed by atoms with Crippen molar-refractivity contribution in [1.82, 2.24) is 9.88 Å². The zero-order valence-electron chi connectivity index (χ0n) is 14.6. The summed E-state index contributed by atoms with van der Waals surface area (Å²) in [6.45, 7) is 0.479. The van der Waals surface area contributed by atoms with Crippen LogP contribution in [0.3, 0.4) is 0 Å². The molecule has 0 fully saturated rings. The molecule has 1 N–H and O–H groups in total. The molecule has 0 radical (unpaired) electrons. The van der Waals surface area contributed by atoms with Gasteiger partial charge in [-0.3, -0.25) is 4.79 Å². The summed E-state index contributed by atoms with van der Waals surface area (Å²) in [4.78, 5) is 12.5. The number of nitrogens with zero attached hydrogens (tertiary/aromatic N) is 1. The minimum atomic E-state index is -0.0923. The molecule has 0 aliphatic heterocycles. The second-order valence-electron chi connectivity index (χ2n) is 6.03. The van der Waals surface area contributed by atoms with Gasteiger partial charge in [0.2, 0.25) is 5.91 Å². The third-order valence-corrected chi connectivity index (χ3v) is 4.50. The second kappa shape index (κ2) is 8.59. The average Bonchev–Trinajstić information content (AvgIpc) is 3.20. The van der Waals surface area contributed by atoms with E-state index in [9.17, 15) is 4.79 Å². The molecule has 0 spiro atoms. The van der Waals surface area contributed by atoms with Crippen LogP contribution in [0.1, 0.15) is 23.6 Å². The highest BCUT2D eigenvalue weighted by atomic mass is 35.5. The highest BCUT2D eigenvalue weighted by Crippen LogP contribution is 2.25. The fraction of sp³-hybridized carbons (Fsp3) is 0.190. The van der Waals surface area contributed by atoms with Gasteiger partial charge < -0.3 is 14.6 Å². The Morgan fingerprint density at radius 1 is 1.12 bits per heavy atom. The van der Waals surface area contributed by atoms with Crippen LogP contribution in [-0.2, 0) is 11.3 Å². The van der Waals surface area contributed by atoms with E-state index in [1.54, 1.807) is 7.11 Å². The van der Waals surface area contributed by atoms with Crippen molar-refractivity contribution in [3.63, 3.8) is 0 Å². The first-order chi connectivity index (χ1) is 12.7. The number of methoxy groups -OCH3 is 1. The lowest BCUT2D eigenvalue weighted by Crippen LogP contribution is -2.26. The summed E-state index contributed by atoms with van der Waals surface area (Å²) in [6.07, 6.45) is 4.28. The van der Waals surface area contributed by atoms with Gasteiger partial charge in [-0.05, 0) is 47.5 Å². The highest BCUT2D eigenvalue weighted by Gasteiger charge is 2.18. The predicted octanol–water partition coefficient (Wildman–Crippen LogP) is 4.45. The van der Waals surface area contributed by atoms with Crippen molar-refractivity contribution in [3.8, 4) is 5.75 Å². The van der Waals surface area contributed by atoms with E-state index in [4.69, 9.17) is 16.3 Å². The molecule has 26 heavy (non-hydrogen) atoms. The van der Waals surface area contributed by atoms with Gasteiger partial charge in [-0.1, -0.05) is 35.9 Å². The van der Waals surface area contributed by atoms with E-state index in [0.29, 0.717) is 18.0 Å². The van der Waals surface area contributed by atoms with E-state index in [1.165, 1.54) is 0 Å². The fourth-order valence-corrected chi connectivity index (χ4v) is 2.98. The topological polar surface area (TPSA) is 43.3 Å². The fourth-order valence-electron chi connectivity index (χ4n) is 2.85. The van der Waals surface area contributed by atoms with E-state index in [2.05, 4.69) is 5.32 Å². The van der Waals surface area contributed by atoms with Gasteiger partial charge in [-0.25, -0.2) is 0 Å². The number of hydrogen-bond donors (Lipinski definition) is 1. The van der Waals surface area contributed by atoms with Crippen molar-refractivity contribution in [2.45, 2.75) is 19.0 Å². The van der Waals surface area contributed by atoms with Crippen molar-refractivity contribution in [2.24, 2.45) is 0 Å². The maximum atomic E-state index is 12.5. The van der Waals surface area contributed by atoms with Crippen LogP contribution in [0.2, 0.25) is 5.02 Å². The lowest BCUT2D eigenvalue weighted by Gasteiger charge is -2.20. The zero-order chi connectivity index (χ0) is 18.4. The van der Waals surface area contributed by atoms with Crippen molar-refractivity contribution in [3.05, 3.63) is 89.2 Å². The average molecular weight is 369 g/mol. The lowest BCUT2D eigenvalue weighted by molar-refractivity contribution is -0.121. The Hall–Kier alpha value is -2.72. The first kappa shape index (κ1) is 18.1. The molecule has 134 valence electrons. The molecular formula is C21H21ClN2O2. The first-order valence-corrected chi connectivity index (χ1v) is 8.81. The summed E-state index contributed by atoms with van der Waals surface area (Å²) in [7, 11) is 1.64. The van der Waals surface area contributed by atoms with Gasteiger partial charge in [0, 0.05) is 24.0 Å². The van der Waals surface area contributed by atoms with E-state index in [0.717, 1.165) is 16.9 Å². The third kappa shape index (κ3) is 4.67. The quantitative estimate of drug-likeness (QED) is 0.669. The molecule has 5 heteroatoms. The zero-order valence-corrected chi connectivity index (χ0v) is 15.3. The standard InChI is InChI=1S/C21H21ClN2O2/c1-26-19-6-4-5-17(13-19)20(24-11-2-3-12-24)14-21(25)23-15-16-7-9-18(22)10-8-16/h2-13,20H,14-15H2,1H3,(H,23,25). The van der Waals surface area contributed by atoms with Crippen molar-refractivity contribution < 1.29 is 9.53 Å². The number of carbonyl (C=O) groups is 1. The van der Waals surface area contributed by atoms with E-state index in [-0.39, 0.29) is 11.9 Å².